The minimum atomic E-state index is 0.750. The van der Waals surface area contributed by atoms with Gasteiger partial charge in [-0.15, -0.1) is 0 Å². The topological polar surface area (TPSA) is 35.8 Å². The minimum absolute atomic E-state index is 0.750. The Labute approximate surface area is 110 Å². The molecule has 2 heteroatoms. The van der Waals surface area contributed by atoms with E-state index in [4.69, 9.17) is 5.26 Å². The molecule has 1 aromatic carbocycles. The predicted molar refractivity (Wildman–Crippen MR) is 75.4 cm³/mol. The van der Waals surface area contributed by atoms with Crippen molar-refractivity contribution in [2.75, 3.05) is 11.9 Å². The molecule has 1 fully saturated rings. The van der Waals surface area contributed by atoms with Gasteiger partial charge in [0.25, 0.3) is 0 Å². The molecule has 2 rings (SSSR count). The summed E-state index contributed by atoms with van der Waals surface area (Å²) in [5, 5.41) is 12.5. The highest BCUT2D eigenvalue weighted by Crippen LogP contribution is 2.30. The third kappa shape index (κ3) is 3.26. The first-order valence-electron chi connectivity index (χ1n) is 7.06. The maximum absolute atomic E-state index is 9.03. The van der Waals surface area contributed by atoms with Crippen molar-refractivity contribution in [3.63, 3.8) is 0 Å². The molecule has 2 nitrogen and oxygen atoms in total. The highest BCUT2D eigenvalue weighted by atomic mass is 14.9. The van der Waals surface area contributed by atoms with Crippen LogP contribution in [0.3, 0.4) is 0 Å². The van der Waals surface area contributed by atoms with Crippen LogP contribution in [-0.2, 0) is 0 Å². The van der Waals surface area contributed by atoms with Gasteiger partial charge in [-0.25, -0.2) is 0 Å². The Morgan fingerprint density at radius 3 is 2.50 bits per heavy atom. The number of nitriles is 1. The van der Waals surface area contributed by atoms with E-state index < -0.39 is 0 Å². The van der Waals surface area contributed by atoms with E-state index in [0.717, 1.165) is 29.6 Å². The fourth-order valence-corrected chi connectivity index (χ4v) is 2.83. The van der Waals surface area contributed by atoms with Crippen LogP contribution in [0.4, 0.5) is 5.69 Å². The van der Waals surface area contributed by atoms with Crippen LogP contribution in [0.1, 0.15) is 44.6 Å². The molecule has 0 radical (unpaired) electrons. The Morgan fingerprint density at radius 1 is 1.17 bits per heavy atom. The first-order valence-corrected chi connectivity index (χ1v) is 7.06. The lowest BCUT2D eigenvalue weighted by Gasteiger charge is -2.28. The lowest BCUT2D eigenvalue weighted by molar-refractivity contribution is 0.278. The van der Waals surface area contributed by atoms with Gasteiger partial charge >= 0.3 is 0 Å². The lowest BCUT2D eigenvalue weighted by atomic mass is 9.81. The van der Waals surface area contributed by atoms with Crippen molar-refractivity contribution >= 4 is 5.69 Å². The van der Waals surface area contributed by atoms with Crippen LogP contribution in [0.5, 0.6) is 0 Å². The summed E-state index contributed by atoms with van der Waals surface area (Å²) < 4.78 is 0. The van der Waals surface area contributed by atoms with Gasteiger partial charge in [-0.2, -0.15) is 5.26 Å². The van der Waals surface area contributed by atoms with Gasteiger partial charge in [0.05, 0.1) is 11.3 Å². The van der Waals surface area contributed by atoms with Crippen molar-refractivity contribution < 1.29 is 0 Å². The van der Waals surface area contributed by atoms with Gasteiger partial charge in [0, 0.05) is 6.54 Å². The van der Waals surface area contributed by atoms with Crippen LogP contribution in [0.2, 0.25) is 0 Å². The molecule has 1 aromatic rings. The molecule has 0 atom stereocenters. The maximum atomic E-state index is 9.03. The second kappa shape index (κ2) is 6.44. The van der Waals surface area contributed by atoms with Crippen LogP contribution in [0.15, 0.2) is 24.3 Å². The zero-order valence-electron chi connectivity index (χ0n) is 11.2. The van der Waals surface area contributed by atoms with E-state index in [1.54, 1.807) is 0 Å². The Hall–Kier alpha value is -1.49. The van der Waals surface area contributed by atoms with Gasteiger partial charge < -0.3 is 5.32 Å². The smallest absolute Gasteiger partial charge is 0.101 e. The lowest BCUT2D eigenvalue weighted by Crippen LogP contribution is -2.21. The average Bonchev–Trinajstić information content (AvgIpc) is 2.46. The van der Waals surface area contributed by atoms with Gasteiger partial charge in [0.15, 0.2) is 0 Å². The fourth-order valence-electron chi connectivity index (χ4n) is 2.83. The van der Waals surface area contributed by atoms with E-state index in [2.05, 4.69) is 18.3 Å². The monoisotopic (exact) mass is 242 g/mol. The number of para-hydroxylation sites is 1. The van der Waals surface area contributed by atoms with Gasteiger partial charge in [0.2, 0.25) is 0 Å². The summed E-state index contributed by atoms with van der Waals surface area (Å²) in [7, 11) is 0. The summed E-state index contributed by atoms with van der Waals surface area (Å²) in [6.07, 6.45) is 6.75. The summed E-state index contributed by atoms with van der Waals surface area (Å²) >= 11 is 0. The van der Waals surface area contributed by atoms with Gasteiger partial charge in [-0.05, 0) is 36.8 Å². The van der Waals surface area contributed by atoms with E-state index >= 15 is 0 Å². The van der Waals surface area contributed by atoms with E-state index in [9.17, 15) is 0 Å². The van der Waals surface area contributed by atoms with Crippen molar-refractivity contribution in [2.45, 2.75) is 39.0 Å². The van der Waals surface area contributed by atoms with E-state index in [1.165, 1.54) is 32.1 Å². The molecule has 96 valence electrons. The number of nitrogens with zero attached hydrogens (tertiary/aromatic N) is 1. The number of hydrogen-bond acceptors (Lipinski definition) is 2. The number of anilines is 1. The van der Waals surface area contributed by atoms with Crippen LogP contribution in [0, 0.1) is 23.2 Å². The van der Waals surface area contributed by atoms with Crippen molar-refractivity contribution in [3.05, 3.63) is 29.8 Å². The number of hydrogen-bond donors (Lipinski definition) is 1. The van der Waals surface area contributed by atoms with Gasteiger partial charge in [-0.1, -0.05) is 38.3 Å². The van der Waals surface area contributed by atoms with Crippen LogP contribution in [-0.4, -0.2) is 6.54 Å². The van der Waals surface area contributed by atoms with Crippen LogP contribution >= 0.6 is 0 Å². The van der Waals surface area contributed by atoms with Gasteiger partial charge in [-0.3, -0.25) is 0 Å². The molecule has 1 N–H and O–H groups in total. The Balaban J connectivity index is 1.84. The van der Waals surface area contributed by atoms with Crippen molar-refractivity contribution in [1.82, 2.24) is 0 Å². The molecule has 1 aliphatic rings. The standard InChI is InChI=1S/C16H22N2/c1-2-13-7-9-14(10-8-13)12-18-16-6-4-3-5-15(16)11-17/h3-6,13-14,18H,2,7-10,12H2,1H3. The molecule has 0 aliphatic heterocycles. The van der Waals surface area contributed by atoms with E-state index in [0.29, 0.717) is 0 Å². The molecule has 0 heterocycles. The minimum Gasteiger partial charge on any atom is -0.384 e. The molecular weight excluding hydrogens is 220 g/mol. The van der Waals surface area contributed by atoms with Crippen molar-refractivity contribution in [3.8, 4) is 6.07 Å². The SMILES string of the molecule is CCC1CCC(CNc2ccccc2C#N)CC1. The molecule has 0 amide bonds. The molecule has 0 unspecified atom stereocenters. The van der Waals surface area contributed by atoms with E-state index in [-0.39, 0.29) is 0 Å². The Kier molecular flexibility index (Phi) is 4.64. The highest BCUT2D eigenvalue weighted by Gasteiger charge is 2.19. The number of benzene rings is 1. The molecule has 1 saturated carbocycles. The molecule has 1 aliphatic carbocycles. The van der Waals surface area contributed by atoms with Crippen molar-refractivity contribution in [2.24, 2.45) is 11.8 Å². The first kappa shape index (κ1) is 13.0. The van der Waals surface area contributed by atoms with Gasteiger partial charge in [0.1, 0.15) is 6.07 Å². The zero-order chi connectivity index (χ0) is 12.8. The summed E-state index contributed by atoms with van der Waals surface area (Å²) in [5.74, 6) is 1.73. The highest BCUT2D eigenvalue weighted by molar-refractivity contribution is 5.57. The second-order valence-corrected chi connectivity index (χ2v) is 5.33. The normalized spacial score (nSPS) is 23.3. The molecule has 0 saturated heterocycles. The van der Waals surface area contributed by atoms with Crippen molar-refractivity contribution in [1.29, 1.82) is 5.26 Å². The third-order valence-electron chi connectivity index (χ3n) is 4.17. The van der Waals surface area contributed by atoms with E-state index in [1.807, 2.05) is 24.3 Å². The summed E-state index contributed by atoms with van der Waals surface area (Å²) in [4.78, 5) is 0. The summed E-state index contributed by atoms with van der Waals surface area (Å²) in [6.45, 7) is 3.31. The summed E-state index contributed by atoms with van der Waals surface area (Å²) in [5.41, 5.74) is 1.73. The molecule has 0 aromatic heterocycles. The largest absolute Gasteiger partial charge is 0.384 e. The Bertz CT molecular complexity index is 411. The first-order chi connectivity index (χ1) is 8.83. The second-order valence-electron chi connectivity index (χ2n) is 5.33. The van der Waals surface area contributed by atoms with Crippen LogP contribution in [0.25, 0.3) is 0 Å². The number of rotatable bonds is 4. The Morgan fingerprint density at radius 2 is 1.83 bits per heavy atom. The zero-order valence-corrected chi connectivity index (χ0v) is 11.2. The predicted octanol–water partition coefficient (Wildman–Crippen LogP) is 4.19. The molecular formula is C16H22N2. The molecule has 18 heavy (non-hydrogen) atoms. The molecule has 0 spiro atoms. The third-order valence-corrected chi connectivity index (χ3v) is 4.17. The number of nitrogens with one attached hydrogen (secondary N) is 1. The molecule has 0 bridgehead atoms. The van der Waals surface area contributed by atoms with Crippen LogP contribution < -0.4 is 5.32 Å². The average molecular weight is 242 g/mol. The summed E-state index contributed by atoms with van der Waals surface area (Å²) in [6, 6.07) is 10.0. The quantitative estimate of drug-likeness (QED) is 0.859. The maximum Gasteiger partial charge on any atom is 0.101 e. The fraction of sp³-hybridized carbons (Fsp3) is 0.562.